The van der Waals surface area contributed by atoms with E-state index in [1.54, 1.807) is 31.2 Å². The SMILES string of the molecule is C[C@@H](NC(=O)c1cccs1)C(=O)Nc1ccccc1. The van der Waals surface area contributed by atoms with Crippen LogP contribution in [-0.4, -0.2) is 17.9 Å². The molecule has 0 spiro atoms. The van der Waals surface area contributed by atoms with Crippen molar-refractivity contribution in [3.05, 3.63) is 52.7 Å². The van der Waals surface area contributed by atoms with E-state index in [0.29, 0.717) is 10.6 Å². The van der Waals surface area contributed by atoms with Crippen molar-refractivity contribution < 1.29 is 9.59 Å². The van der Waals surface area contributed by atoms with E-state index in [0.717, 1.165) is 0 Å². The van der Waals surface area contributed by atoms with Crippen LogP contribution in [0.4, 0.5) is 5.69 Å². The standard InChI is InChI=1S/C14H14N2O2S/c1-10(15-14(18)12-8-5-9-19-12)13(17)16-11-6-3-2-4-7-11/h2-10H,1H3,(H,15,18)(H,16,17)/t10-/m1/s1. The molecular formula is C14H14N2O2S. The second-order valence-electron chi connectivity index (χ2n) is 4.03. The number of rotatable bonds is 4. The highest BCUT2D eigenvalue weighted by Gasteiger charge is 2.16. The van der Waals surface area contributed by atoms with E-state index in [4.69, 9.17) is 0 Å². The van der Waals surface area contributed by atoms with Crippen molar-refractivity contribution in [3.8, 4) is 0 Å². The molecule has 2 rings (SSSR count). The van der Waals surface area contributed by atoms with Crippen LogP contribution in [0.3, 0.4) is 0 Å². The van der Waals surface area contributed by atoms with Crippen molar-refractivity contribution in [2.45, 2.75) is 13.0 Å². The Hall–Kier alpha value is -2.14. The fraction of sp³-hybridized carbons (Fsp3) is 0.143. The molecule has 1 aromatic carbocycles. The molecule has 0 aliphatic carbocycles. The maximum Gasteiger partial charge on any atom is 0.261 e. The number of hydrogen-bond acceptors (Lipinski definition) is 3. The van der Waals surface area contributed by atoms with Gasteiger partial charge in [-0.25, -0.2) is 0 Å². The van der Waals surface area contributed by atoms with Gasteiger partial charge in [-0.15, -0.1) is 11.3 Å². The Balaban J connectivity index is 1.91. The Kier molecular flexibility index (Phi) is 4.30. The van der Waals surface area contributed by atoms with Crippen LogP contribution in [0.15, 0.2) is 47.8 Å². The number of thiophene rings is 1. The van der Waals surface area contributed by atoms with E-state index in [-0.39, 0.29) is 11.8 Å². The number of benzene rings is 1. The lowest BCUT2D eigenvalue weighted by Gasteiger charge is -2.13. The van der Waals surface area contributed by atoms with Gasteiger partial charge in [-0.3, -0.25) is 9.59 Å². The summed E-state index contributed by atoms with van der Waals surface area (Å²) in [4.78, 5) is 24.3. The van der Waals surface area contributed by atoms with Crippen molar-refractivity contribution >= 4 is 28.8 Å². The predicted molar refractivity (Wildman–Crippen MR) is 76.3 cm³/mol. The minimum atomic E-state index is -0.588. The molecule has 0 aliphatic heterocycles. The Bertz CT molecular complexity index is 552. The van der Waals surface area contributed by atoms with Gasteiger partial charge in [0.15, 0.2) is 0 Å². The van der Waals surface area contributed by atoms with E-state index in [2.05, 4.69) is 10.6 Å². The Morgan fingerprint density at radius 1 is 1.11 bits per heavy atom. The van der Waals surface area contributed by atoms with Crippen molar-refractivity contribution in [2.75, 3.05) is 5.32 Å². The van der Waals surface area contributed by atoms with Crippen molar-refractivity contribution in [1.29, 1.82) is 0 Å². The molecule has 1 aromatic heterocycles. The van der Waals surface area contributed by atoms with Crippen molar-refractivity contribution in [2.24, 2.45) is 0 Å². The van der Waals surface area contributed by atoms with Gasteiger partial charge in [0.2, 0.25) is 5.91 Å². The first-order valence-corrected chi connectivity index (χ1v) is 6.75. The lowest BCUT2D eigenvalue weighted by molar-refractivity contribution is -0.117. The summed E-state index contributed by atoms with van der Waals surface area (Å²) in [6.45, 7) is 1.66. The van der Waals surface area contributed by atoms with Crippen LogP contribution in [-0.2, 0) is 4.79 Å². The summed E-state index contributed by atoms with van der Waals surface area (Å²) in [7, 11) is 0. The predicted octanol–water partition coefficient (Wildman–Crippen LogP) is 2.51. The van der Waals surface area contributed by atoms with Gasteiger partial charge in [0.05, 0.1) is 4.88 Å². The summed E-state index contributed by atoms with van der Waals surface area (Å²) in [5.74, 6) is -0.471. The summed E-state index contributed by atoms with van der Waals surface area (Å²) in [5, 5.41) is 7.23. The maximum atomic E-state index is 11.9. The van der Waals surface area contributed by atoms with Gasteiger partial charge in [-0.05, 0) is 30.5 Å². The minimum Gasteiger partial charge on any atom is -0.340 e. The normalized spacial score (nSPS) is 11.6. The zero-order valence-electron chi connectivity index (χ0n) is 10.4. The van der Waals surface area contributed by atoms with Crippen LogP contribution in [0, 0.1) is 0 Å². The lowest BCUT2D eigenvalue weighted by Crippen LogP contribution is -2.41. The monoisotopic (exact) mass is 274 g/mol. The highest BCUT2D eigenvalue weighted by molar-refractivity contribution is 7.12. The molecule has 1 heterocycles. The third kappa shape index (κ3) is 3.66. The number of anilines is 1. The fourth-order valence-electron chi connectivity index (χ4n) is 1.51. The van der Waals surface area contributed by atoms with E-state index >= 15 is 0 Å². The molecule has 0 radical (unpaired) electrons. The van der Waals surface area contributed by atoms with Gasteiger partial charge < -0.3 is 10.6 Å². The summed E-state index contributed by atoms with van der Waals surface area (Å²) in [6.07, 6.45) is 0. The summed E-state index contributed by atoms with van der Waals surface area (Å²) in [6, 6.07) is 12.1. The summed E-state index contributed by atoms with van der Waals surface area (Å²) >= 11 is 1.34. The molecular weight excluding hydrogens is 260 g/mol. The first kappa shape index (κ1) is 13.3. The van der Waals surface area contributed by atoms with Crippen LogP contribution in [0.5, 0.6) is 0 Å². The molecule has 4 nitrogen and oxygen atoms in total. The Morgan fingerprint density at radius 3 is 2.47 bits per heavy atom. The molecule has 98 valence electrons. The lowest BCUT2D eigenvalue weighted by atomic mass is 10.2. The van der Waals surface area contributed by atoms with Gasteiger partial charge in [-0.2, -0.15) is 0 Å². The molecule has 5 heteroatoms. The average molecular weight is 274 g/mol. The number of nitrogens with one attached hydrogen (secondary N) is 2. The Morgan fingerprint density at radius 2 is 1.84 bits per heavy atom. The molecule has 0 unspecified atom stereocenters. The molecule has 0 saturated carbocycles. The zero-order valence-corrected chi connectivity index (χ0v) is 11.2. The first-order chi connectivity index (χ1) is 9.16. The van der Waals surface area contributed by atoms with Crippen LogP contribution in [0.1, 0.15) is 16.6 Å². The highest BCUT2D eigenvalue weighted by Crippen LogP contribution is 2.09. The van der Waals surface area contributed by atoms with Crippen LogP contribution < -0.4 is 10.6 Å². The summed E-state index contributed by atoms with van der Waals surface area (Å²) < 4.78 is 0. The van der Waals surface area contributed by atoms with Crippen LogP contribution in [0.25, 0.3) is 0 Å². The highest BCUT2D eigenvalue weighted by atomic mass is 32.1. The van der Waals surface area contributed by atoms with Gasteiger partial charge in [0, 0.05) is 5.69 Å². The van der Waals surface area contributed by atoms with Crippen molar-refractivity contribution in [1.82, 2.24) is 5.32 Å². The molecule has 2 amide bonds. The third-order valence-electron chi connectivity index (χ3n) is 2.53. The smallest absolute Gasteiger partial charge is 0.261 e. The molecule has 0 saturated heterocycles. The molecule has 0 fully saturated rings. The number of para-hydroxylation sites is 1. The quantitative estimate of drug-likeness (QED) is 0.900. The van der Waals surface area contributed by atoms with Gasteiger partial charge in [-0.1, -0.05) is 24.3 Å². The van der Waals surface area contributed by atoms with Crippen LogP contribution >= 0.6 is 11.3 Å². The van der Waals surface area contributed by atoms with Crippen LogP contribution in [0.2, 0.25) is 0 Å². The molecule has 0 aliphatic rings. The molecule has 2 aromatic rings. The van der Waals surface area contributed by atoms with Gasteiger partial charge in [0.1, 0.15) is 6.04 Å². The third-order valence-corrected chi connectivity index (χ3v) is 3.40. The number of carbonyl (C=O) groups is 2. The number of amides is 2. The number of hydrogen-bond donors (Lipinski definition) is 2. The Labute approximate surface area is 115 Å². The number of carbonyl (C=O) groups excluding carboxylic acids is 2. The molecule has 2 N–H and O–H groups in total. The van der Waals surface area contributed by atoms with E-state index in [1.165, 1.54) is 11.3 Å². The fourth-order valence-corrected chi connectivity index (χ4v) is 2.14. The second-order valence-corrected chi connectivity index (χ2v) is 4.98. The average Bonchev–Trinajstić information content (AvgIpc) is 2.93. The first-order valence-electron chi connectivity index (χ1n) is 5.87. The van der Waals surface area contributed by atoms with Crippen molar-refractivity contribution in [3.63, 3.8) is 0 Å². The van der Waals surface area contributed by atoms with Gasteiger partial charge >= 0.3 is 0 Å². The van der Waals surface area contributed by atoms with E-state index < -0.39 is 6.04 Å². The summed E-state index contributed by atoms with van der Waals surface area (Å²) in [5.41, 5.74) is 0.713. The topological polar surface area (TPSA) is 58.2 Å². The molecule has 19 heavy (non-hydrogen) atoms. The largest absolute Gasteiger partial charge is 0.340 e. The molecule has 0 bridgehead atoms. The van der Waals surface area contributed by atoms with Gasteiger partial charge in [0.25, 0.3) is 5.91 Å². The zero-order chi connectivity index (χ0) is 13.7. The maximum absolute atomic E-state index is 11.9. The minimum absolute atomic E-state index is 0.231. The van der Waals surface area contributed by atoms with E-state index in [9.17, 15) is 9.59 Å². The molecule has 1 atom stereocenters. The van der Waals surface area contributed by atoms with E-state index in [1.807, 2.05) is 23.6 Å². The second kappa shape index (κ2) is 6.15.